The molecular formula is C15H18O3S2. The molecule has 0 fully saturated rings. The van der Waals surface area contributed by atoms with Gasteiger partial charge in [-0.1, -0.05) is 26.0 Å². The van der Waals surface area contributed by atoms with Gasteiger partial charge in [0.1, 0.15) is 11.0 Å². The molecule has 2 aromatic heterocycles. The van der Waals surface area contributed by atoms with Crippen LogP contribution in [0.5, 0.6) is 0 Å². The molecule has 0 unspecified atom stereocenters. The van der Waals surface area contributed by atoms with E-state index in [0.29, 0.717) is 11.3 Å². The van der Waals surface area contributed by atoms with E-state index >= 15 is 0 Å². The summed E-state index contributed by atoms with van der Waals surface area (Å²) in [6, 6.07) is 7.44. The van der Waals surface area contributed by atoms with Crippen molar-refractivity contribution >= 4 is 28.6 Å². The standard InChI is InChI=1S/C15H18O3S2/c1-3-11(16)10(2)14(12-6-4-8-19-12)18-15(17)13-7-5-9-20-13/h4-11,14,16H,3H2,1-2H3/t10-,11-,14+/m0/s1. The average molecular weight is 310 g/mol. The Morgan fingerprint density at radius 1 is 1.30 bits per heavy atom. The summed E-state index contributed by atoms with van der Waals surface area (Å²) in [5.74, 6) is -0.462. The number of carbonyl (C=O) groups is 1. The Morgan fingerprint density at radius 3 is 2.55 bits per heavy atom. The fourth-order valence-electron chi connectivity index (χ4n) is 2.02. The number of esters is 1. The molecule has 0 bridgehead atoms. The normalized spacial score (nSPS) is 15.6. The molecule has 0 saturated carbocycles. The lowest BCUT2D eigenvalue weighted by Crippen LogP contribution is -2.26. The van der Waals surface area contributed by atoms with E-state index in [1.807, 2.05) is 42.8 Å². The molecule has 0 aromatic carbocycles. The first kappa shape index (κ1) is 15.2. The number of aliphatic hydroxyl groups excluding tert-OH is 1. The van der Waals surface area contributed by atoms with Crippen molar-refractivity contribution in [3.05, 3.63) is 44.8 Å². The molecule has 108 valence electrons. The lowest BCUT2D eigenvalue weighted by atomic mass is 9.95. The van der Waals surface area contributed by atoms with E-state index in [0.717, 1.165) is 4.88 Å². The second-order valence-electron chi connectivity index (χ2n) is 4.65. The molecule has 0 spiro atoms. The van der Waals surface area contributed by atoms with Gasteiger partial charge in [0, 0.05) is 10.8 Å². The first-order valence-corrected chi connectivity index (χ1v) is 8.35. The van der Waals surface area contributed by atoms with Crippen molar-refractivity contribution in [2.24, 2.45) is 5.92 Å². The molecule has 0 aliphatic rings. The minimum atomic E-state index is -0.488. The van der Waals surface area contributed by atoms with Gasteiger partial charge >= 0.3 is 5.97 Å². The Hall–Kier alpha value is -1.17. The lowest BCUT2D eigenvalue weighted by molar-refractivity contribution is -0.0137. The zero-order chi connectivity index (χ0) is 14.5. The van der Waals surface area contributed by atoms with Crippen LogP contribution in [0.1, 0.15) is 40.9 Å². The van der Waals surface area contributed by atoms with Crippen LogP contribution >= 0.6 is 22.7 Å². The average Bonchev–Trinajstić information content (AvgIpc) is 3.14. The molecule has 5 heteroatoms. The highest BCUT2D eigenvalue weighted by atomic mass is 32.1. The van der Waals surface area contributed by atoms with E-state index < -0.39 is 12.2 Å². The van der Waals surface area contributed by atoms with Gasteiger partial charge in [0.05, 0.1) is 6.10 Å². The molecular weight excluding hydrogens is 292 g/mol. The van der Waals surface area contributed by atoms with Crippen LogP contribution < -0.4 is 0 Å². The summed E-state index contributed by atoms with van der Waals surface area (Å²) in [6.07, 6.45) is -0.252. The first-order valence-electron chi connectivity index (χ1n) is 6.59. The predicted octanol–water partition coefficient (Wildman–Crippen LogP) is 4.11. The highest BCUT2D eigenvalue weighted by Crippen LogP contribution is 2.33. The van der Waals surface area contributed by atoms with Crippen molar-refractivity contribution in [2.75, 3.05) is 0 Å². The second-order valence-corrected chi connectivity index (χ2v) is 6.58. The van der Waals surface area contributed by atoms with Crippen molar-refractivity contribution in [2.45, 2.75) is 32.5 Å². The molecule has 1 N–H and O–H groups in total. The van der Waals surface area contributed by atoms with E-state index in [2.05, 4.69) is 0 Å². The molecule has 2 rings (SSSR count). The topological polar surface area (TPSA) is 46.5 Å². The molecule has 3 nitrogen and oxygen atoms in total. The first-order chi connectivity index (χ1) is 9.63. The molecule has 0 aliphatic heterocycles. The van der Waals surface area contributed by atoms with Crippen LogP contribution in [0.2, 0.25) is 0 Å². The Kier molecular flexibility index (Phi) is 5.34. The Bertz CT molecular complexity index is 519. The van der Waals surface area contributed by atoms with Crippen LogP contribution in [-0.4, -0.2) is 17.2 Å². The van der Waals surface area contributed by atoms with Gasteiger partial charge in [0.15, 0.2) is 0 Å². The van der Waals surface area contributed by atoms with Crippen molar-refractivity contribution < 1.29 is 14.6 Å². The van der Waals surface area contributed by atoms with E-state index in [9.17, 15) is 9.90 Å². The predicted molar refractivity (Wildman–Crippen MR) is 82.3 cm³/mol. The van der Waals surface area contributed by atoms with Gasteiger partial charge in [0.2, 0.25) is 0 Å². The fourth-order valence-corrected chi connectivity index (χ4v) is 3.49. The van der Waals surface area contributed by atoms with Gasteiger partial charge in [0.25, 0.3) is 0 Å². The zero-order valence-corrected chi connectivity index (χ0v) is 13.1. The molecule has 2 aromatic rings. The molecule has 2 heterocycles. The molecule has 0 saturated heterocycles. The second kappa shape index (κ2) is 7.02. The van der Waals surface area contributed by atoms with Gasteiger partial charge < -0.3 is 9.84 Å². The molecule has 3 atom stereocenters. The maximum Gasteiger partial charge on any atom is 0.348 e. The third-order valence-corrected chi connectivity index (χ3v) is 5.07. The van der Waals surface area contributed by atoms with Crippen LogP contribution in [-0.2, 0) is 4.74 Å². The number of aliphatic hydroxyl groups is 1. The van der Waals surface area contributed by atoms with Gasteiger partial charge in [-0.3, -0.25) is 0 Å². The summed E-state index contributed by atoms with van der Waals surface area (Å²) < 4.78 is 5.65. The van der Waals surface area contributed by atoms with Crippen molar-refractivity contribution in [3.63, 3.8) is 0 Å². The van der Waals surface area contributed by atoms with Gasteiger partial charge in [-0.2, -0.15) is 0 Å². The van der Waals surface area contributed by atoms with E-state index in [1.54, 1.807) is 17.4 Å². The number of hydrogen-bond acceptors (Lipinski definition) is 5. The Morgan fingerprint density at radius 2 is 2.00 bits per heavy atom. The summed E-state index contributed by atoms with van der Waals surface area (Å²) in [5, 5.41) is 13.9. The number of ether oxygens (including phenoxy) is 1. The summed E-state index contributed by atoms with van der Waals surface area (Å²) in [6.45, 7) is 3.84. The SMILES string of the molecule is CC[C@H](O)[C@H](C)[C@@H](OC(=O)c1cccs1)c1cccs1. The van der Waals surface area contributed by atoms with Crippen LogP contribution in [0.15, 0.2) is 35.0 Å². The maximum absolute atomic E-state index is 12.1. The van der Waals surface area contributed by atoms with Gasteiger partial charge in [-0.05, 0) is 29.3 Å². The summed E-state index contributed by atoms with van der Waals surface area (Å²) in [7, 11) is 0. The number of hydrogen-bond donors (Lipinski definition) is 1. The van der Waals surface area contributed by atoms with E-state index in [4.69, 9.17) is 4.74 Å². The van der Waals surface area contributed by atoms with Gasteiger partial charge in [-0.25, -0.2) is 4.79 Å². The fraction of sp³-hybridized carbons (Fsp3) is 0.400. The summed E-state index contributed by atoms with van der Waals surface area (Å²) in [5.41, 5.74) is 0. The zero-order valence-electron chi connectivity index (χ0n) is 11.5. The van der Waals surface area contributed by atoms with Gasteiger partial charge in [-0.15, -0.1) is 22.7 Å². The number of thiophene rings is 2. The smallest absolute Gasteiger partial charge is 0.348 e. The van der Waals surface area contributed by atoms with Crippen molar-refractivity contribution in [1.82, 2.24) is 0 Å². The van der Waals surface area contributed by atoms with E-state index in [1.165, 1.54) is 11.3 Å². The quantitative estimate of drug-likeness (QED) is 0.817. The van der Waals surface area contributed by atoms with Crippen molar-refractivity contribution in [1.29, 1.82) is 0 Å². The Labute approximate surface area is 126 Å². The van der Waals surface area contributed by atoms with Crippen LogP contribution in [0.3, 0.4) is 0 Å². The van der Waals surface area contributed by atoms with Crippen LogP contribution in [0, 0.1) is 5.92 Å². The molecule has 20 heavy (non-hydrogen) atoms. The summed E-state index contributed by atoms with van der Waals surface area (Å²) in [4.78, 5) is 13.7. The maximum atomic E-state index is 12.1. The van der Waals surface area contributed by atoms with Crippen LogP contribution in [0.25, 0.3) is 0 Å². The largest absolute Gasteiger partial charge is 0.452 e. The minimum absolute atomic E-state index is 0.137. The third-order valence-electron chi connectivity index (χ3n) is 3.28. The Balaban J connectivity index is 2.17. The molecule has 0 aliphatic carbocycles. The van der Waals surface area contributed by atoms with E-state index in [-0.39, 0.29) is 11.9 Å². The molecule has 0 radical (unpaired) electrons. The number of carbonyl (C=O) groups excluding carboxylic acids is 1. The monoisotopic (exact) mass is 310 g/mol. The third kappa shape index (κ3) is 3.48. The van der Waals surface area contributed by atoms with Crippen molar-refractivity contribution in [3.8, 4) is 0 Å². The minimum Gasteiger partial charge on any atom is -0.452 e. The molecule has 0 amide bonds. The number of rotatable bonds is 6. The van der Waals surface area contributed by atoms with Crippen LogP contribution in [0.4, 0.5) is 0 Å². The summed E-state index contributed by atoms with van der Waals surface area (Å²) >= 11 is 2.90. The lowest BCUT2D eigenvalue weighted by Gasteiger charge is -2.26. The highest BCUT2D eigenvalue weighted by Gasteiger charge is 2.29. The highest BCUT2D eigenvalue weighted by molar-refractivity contribution is 7.12.